The van der Waals surface area contributed by atoms with Gasteiger partial charge in [0.15, 0.2) is 0 Å². The number of hydrogen-bond donors (Lipinski definition) is 1. The summed E-state index contributed by atoms with van der Waals surface area (Å²) in [6.07, 6.45) is 0.964. The van der Waals surface area contributed by atoms with E-state index < -0.39 is 0 Å². The topological polar surface area (TPSA) is 76.6 Å². The highest BCUT2D eigenvalue weighted by molar-refractivity contribution is 5.78. The molecule has 0 saturated carbocycles. The Morgan fingerprint density at radius 2 is 1.72 bits per heavy atom. The number of nitrogens with zero attached hydrogens (tertiary/aromatic N) is 4. The highest BCUT2D eigenvalue weighted by Gasteiger charge is 2.15. The van der Waals surface area contributed by atoms with Crippen molar-refractivity contribution in [3.05, 3.63) is 102 Å². The molecule has 0 radical (unpaired) electrons. The molecule has 0 saturated heterocycles. The summed E-state index contributed by atoms with van der Waals surface area (Å²) in [5.74, 6) is 1.68. The summed E-state index contributed by atoms with van der Waals surface area (Å²) in [5, 5.41) is 15.5. The van der Waals surface area contributed by atoms with E-state index in [0.29, 0.717) is 12.4 Å². The summed E-state index contributed by atoms with van der Waals surface area (Å²) in [7, 11) is 0. The Balaban J connectivity index is 1.36. The van der Waals surface area contributed by atoms with Crippen LogP contribution in [0.25, 0.3) is 22.3 Å². The molecule has 5 rings (SSSR count). The first-order valence-corrected chi connectivity index (χ1v) is 10.7. The summed E-state index contributed by atoms with van der Waals surface area (Å²) in [4.78, 5) is 4.70. The van der Waals surface area contributed by atoms with E-state index in [2.05, 4.69) is 63.9 Å². The summed E-state index contributed by atoms with van der Waals surface area (Å²) in [6, 6.07) is 28.8. The third kappa shape index (κ3) is 4.21. The molecule has 6 heteroatoms. The maximum atomic E-state index is 6.10. The lowest BCUT2D eigenvalue weighted by Crippen LogP contribution is -2.02. The number of rotatable bonds is 7. The summed E-state index contributed by atoms with van der Waals surface area (Å²) in [6.45, 7) is 2.62. The average Bonchev–Trinajstić information content (AvgIpc) is 3.39. The molecule has 0 fully saturated rings. The number of aromatic amines is 1. The highest BCUT2D eigenvalue weighted by Crippen LogP contribution is 2.32. The Hall–Kier alpha value is -4.06. The normalized spacial score (nSPS) is 12.0. The van der Waals surface area contributed by atoms with Crippen LogP contribution in [0.5, 0.6) is 5.75 Å². The Morgan fingerprint density at radius 3 is 2.56 bits per heavy atom. The maximum Gasteiger partial charge on any atom is 0.204 e. The molecule has 5 aromatic rings. The lowest BCUT2D eigenvalue weighted by Gasteiger charge is -2.18. The van der Waals surface area contributed by atoms with Crippen LogP contribution in [0, 0.1) is 0 Å². The molecule has 0 aliphatic carbocycles. The molecule has 2 heterocycles. The second kappa shape index (κ2) is 8.98. The number of aromatic nitrogens is 5. The van der Waals surface area contributed by atoms with Gasteiger partial charge in [-0.15, -0.1) is 10.2 Å². The van der Waals surface area contributed by atoms with Crippen molar-refractivity contribution in [1.82, 2.24) is 25.6 Å². The van der Waals surface area contributed by atoms with Gasteiger partial charge in [-0.3, -0.25) is 0 Å². The summed E-state index contributed by atoms with van der Waals surface area (Å²) >= 11 is 0. The molecule has 6 nitrogen and oxygen atoms in total. The molecule has 0 spiro atoms. The van der Waals surface area contributed by atoms with Crippen LogP contribution in [0.3, 0.4) is 0 Å². The highest BCUT2D eigenvalue weighted by atomic mass is 16.5. The number of nitrogens with one attached hydrogen (secondary N) is 1. The standard InChI is InChI=1S/C26H23N5O/c1-2-24(19-8-5-10-21(15-19)26-28-30-31-29-26)20-9-6-11-23(16-20)32-17-22-14-13-18-7-3-4-12-25(18)27-22/h3-16,24H,2,17H2,1H3,(H,28,29,30,31). The molecule has 1 N–H and O–H groups in total. The van der Waals surface area contributed by atoms with Crippen molar-refractivity contribution in [2.24, 2.45) is 0 Å². The predicted molar refractivity (Wildman–Crippen MR) is 124 cm³/mol. The first-order valence-electron chi connectivity index (χ1n) is 10.7. The third-order valence-electron chi connectivity index (χ3n) is 5.60. The van der Waals surface area contributed by atoms with Gasteiger partial charge in [-0.1, -0.05) is 61.5 Å². The second-order valence-electron chi connectivity index (χ2n) is 7.68. The van der Waals surface area contributed by atoms with Gasteiger partial charge in [0.05, 0.1) is 11.2 Å². The molecule has 0 amide bonds. The van der Waals surface area contributed by atoms with Gasteiger partial charge in [0, 0.05) is 16.9 Å². The Bertz CT molecular complexity index is 1330. The predicted octanol–water partition coefficient (Wildman–Crippen LogP) is 5.54. The van der Waals surface area contributed by atoms with Crippen molar-refractivity contribution in [3.63, 3.8) is 0 Å². The molecule has 32 heavy (non-hydrogen) atoms. The second-order valence-corrected chi connectivity index (χ2v) is 7.68. The van der Waals surface area contributed by atoms with E-state index >= 15 is 0 Å². The van der Waals surface area contributed by atoms with Gasteiger partial charge in [0.25, 0.3) is 0 Å². The molecule has 0 aliphatic rings. The lowest BCUT2D eigenvalue weighted by molar-refractivity contribution is 0.301. The Morgan fingerprint density at radius 1 is 0.875 bits per heavy atom. The minimum absolute atomic E-state index is 0.240. The van der Waals surface area contributed by atoms with Crippen molar-refractivity contribution in [2.75, 3.05) is 0 Å². The van der Waals surface area contributed by atoms with Crippen LogP contribution in [0.4, 0.5) is 0 Å². The number of fused-ring (bicyclic) bond motifs is 1. The molecule has 1 unspecified atom stereocenters. The van der Waals surface area contributed by atoms with E-state index in [4.69, 9.17) is 9.72 Å². The van der Waals surface area contributed by atoms with Gasteiger partial charge in [0.2, 0.25) is 5.82 Å². The van der Waals surface area contributed by atoms with Gasteiger partial charge in [-0.05, 0) is 53.1 Å². The first kappa shape index (κ1) is 19.9. The van der Waals surface area contributed by atoms with Crippen molar-refractivity contribution < 1.29 is 4.74 Å². The zero-order valence-corrected chi connectivity index (χ0v) is 17.8. The number of H-pyrrole nitrogens is 1. The minimum Gasteiger partial charge on any atom is -0.487 e. The SMILES string of the molecule is CCC(c1cccc(OCc2ccc3ccccc3n2)c1)c1cccc(-c2nn[nH]n2)c1. The minimum atomic E-state index is 0.240. The van der Waals surface area contributed by atoms with Crippen LogP contribution in [-0.4, -0.2) is 25.6 Å². The first-order chi connectivity index (χ1) is 15.8. The molecule has 2 aromatic heterocycles. The lowest BCUT2D eigenvalue weighted by atomic mass is 9.88. The monoisotopic (exact) mass is 421 g/mol. The largest absolute Gasteiger partial charge is 0.487 e. The van der Waals surface area contributed by atoms with Crippen LogP contribution < -0.4 is 4.74 Å². The van der Waals surface area contributed by atoms with Crippen molar-refractivity contribution in [2.45, 2.75) is 25.9 Å². The smallest absolute Gasteiger partial charge is 0.204 e. The number of para-hydroxylation sites is 1. The summed E-state index contributed by atoms with van der Waals surface area (Å²) < 4.78 is 6.10. The fourth-order valence-corrected chi connectivity index (χ4v) is 4.01. The van der Waals surface area contributed by atoms with Crippen LogP contribution in [-0.2, 0) is 6.61 Å². The van der Waals surface area contributed by atoms with E-state index in [9.17, 15) is 0 Å². The zero-order chi connectivity index (χ0) is 21.8. The number of benzene rings is 3. The van der Waals surface area contributed by atoms with E-state index in [1.54, 1.807) is 0 Å². The van der Waals surface area contributed by atoms with Crippen LogP contribution >= 0.6 is 0 Å². The van der Waals surface area contributed by atoms with Crippen LogP contribution in [0.15, 0.2) is 84.9 Å². The number of tetrazole rings is 1. The zero-order valence-electron chi connectivity index (χ0n) is 17.8. The van der Waals surface area contributed by atoms with Crippen molar-refractivity contribution >= 4 is 10.9 Å². The average molecular weight is 422 g/mol. The molecular weight excluding hydrogens is 398 g/mol. The molecule has 0 aliphatic heterocycles. The van der Waals surface area contributed by atoms with E-state index in [-0.39, 0.29) is 5.92 Å². The van der Waals surface area contributed by atoms with Gasteiger partial charge in [-0.25, -0.2) is 4.98 Å². The summed E-state index contributed by atoms with van der Waals surface area (Å²) in [5.41, 5.74) is 5.26. The molecular formula is C26H23N5O. The molecule has 1 atom stereocenters. The van der Waals surface area contributed by atoms with Gasteiger partial charge < -0.3 is 4.74 Å². The maximum absolute atomic E-state index is 6.10. The fraction of sp³-hybridized carbons (Fsp3) is 0.154. The van der Waals surface area contributed by atoms with Crippen molar-refractivity contribution in [1.29, 1.82) is 0 Å². The third-order valence-corrected chi connectivity index (χ3v) is 5.60. The van der Waals surface area contributed by atoms with E-state index in [0.717, 1.165) is 34.3 Å². The molecule has 158 valence electrons. The van der Waals surface area contributed by atoms with E-state index in [1.165, 1.54) is 11.1 Å². The number of ether oxygens (including phenoxy) is 1. The fourth-order valence-electron chi connectivity index (χ4n) is 4.01. The van der Waals surface area contributed by atoms with Crippen molar-refractivity contribution in [3.8, 4) is 17.1 Å². The Labute approximate surface area is 186 Å². The van der Waals surface area contributed by atoms with Gasteiger partial charge in [0.1, 0.15) is 12.4 Å². The molecule has 0 bridgehead atoms. The number of pyridine rings is 1. The van der Waals surface area contributed by atoms with E-state index in [1.807, 2.05) is 48.5 Å². The van der Waals surface area contributed by atoms with Gasteiger partial charge >= 0.3 is 0 Å². The van der Waals surface area contributed by atoms with Crippen LogP contribution in [0.1, 0.15) is 36.1 Å². The Kier molecular flexibility index (Phi) is 5.58. The quantitative estimate of drug-likeness (QED) is 0.374. The van der Waals surface area contributed by atoms with Crippen LogP contribution in [0.2, 0.25) is 0 Å². The van der Waals surface area contributed by atoms with Gasteiger partial charge in [-0.2, -0.15) is 5.21 Å². The number of hydrogen-bond acceptors (Lipinski definition) is 5. The molecule has 3 aromatic carbocycles.